The van der Waals surface area contributed by atoms with Gasteiger partial charge in [-0.25, -0.2) is 0 Å². The summed E-state index contributed by atoms with van der Waals surface area (Å²) < 4.78 is 11.2. The van der Waals surface area contributed by atoms with Crippen molar-refractivity contribution in [2.24, 2.45) is 5.92 Å². The van der Waals surface area contributed by atoms with Crippen LogP contribution in [0.2, 0.25) is 0 Å². The minimum atomic E-state index is 0.646. The van der Waals surface area contributed by atoms with E-state index in [4.69, 9.17) is 9.47 Å². The minimum Gasteiger partial charge on any atom is -0.496 e. The van der Waals surface area contributed by atoms with Gasteiger partial charge in [-0.1, -0.05) is 25.3 Å². The number of methoxy groups -OCH3 is 1. The molecule has 3 heteroatoms. The minimum absolute atomic E-state index is 0.646. The zero-order valence-corrected chi connectivity index (χ0v) is 12.1. The fourth-order valence-corrected chi connectivity index (χ4v) is 2.47. The van der Waals surface area contributed by atoms with Gasteiger partial charge in [-0.3, -0.25) is 0 Å². The molecule has 0 heterocycles. The van der Waals surface area contributed by atoms with Gasteiger partial charge < -0.3 is 14.8 Å². The summed E-state index contributed by atoms with van der Waals surface area (Å²) in [4.78, 5) is 0. The van der Waals surface area contributed by atoms with E-state index in [1.807, 2.05) is 13.1 Å². The Kier molecular flexibility index (Phi) is 5.67. The number of benzene rings is 1. The lowest BCUT2D eigenvalue weighted by molar-refractivity contribution is 0.0936. The molecule has 1 aromatic carbocycles. The number of ether oxygens (including phenoxy) is 2. The third kappa shape index (κ3) is 4.22. The third-order valence-corrected chi connectivity index (χ3v) is 3.88. The Morgan fingerprint density at radius 2 is 2.16 bits per heavy atom. The lowest BCUT2D eigenvalue weighted by Crippen LogP contribution is -2.13. The van der Waals surface area contributed by atoms with Crippen molar-refractivity contribution in [2.75, 3.05) is 20.8 Å². The predicted octanol–water partition coefficient (Wildman–Crippen LogP) is 3.12. The van der Waals surface area contributed by atoms with Gasteiger partial charge in [0.25, 0.3) is 0 Å². The molecular formula is C16H25NO2. The zero-order valence-electron chi connectivity index (χ0n) is 12.1. The quantitative estimate of drug-likeness (QED) is 0.731. The lowest BCUT2D eigenvalue weighted by Gasteiger charge is -2.24. The molecule has 1 aliphatic rings. The van der Waals surface area contributed by atoms with Gasteiger partial charge >= 0.3 is 0 Å². The summed E-state index contributed by atoms with van der Waals surface area (Å²) in [6.45, 7) is 2.39. The average molecular weight is 263 g/mol. The van der Waals surface area contributed by atoms with Gasteiger partial charge in [-0.15, -0.1) is 0 Å². The molecule has 0 radical (unpaired) electrons. The first-order valence-corrected chi connectivity index (χ1v) is 7.21. The molecule has 0 spiro atoms. The van der Waals surface area contributed by atoms with E-state index in [-0.39, 0.29) is 0 Å². The number of rotatable bonds is 8. The van der Waals surface area contributed by atoms with Crippen LogP contribution in [0.25, 0.3) is 0 Å². The lowest BCUT2D eigenvalue weighted by atomic mass is 9.83. The Hall–Kier alpha value is -1.06. The first-order chi connectivity index (χ1) is 9.33. The second kappa shape index (κ2) is 7.51. The summed E-state index contributed by atoms with van der Waals surface area (Å²) >= 11 is 0. The van der Waals surface area contributed by atoms with Gasteiger partial charge in [0.1, 0.15) is 5.75 Å². The molecule has 0 aromatic heterocycles. The topological polar surface area (TPSA) is 30.5 Å². The van der Waals surface area contributed by atoms with Gasteiger partial charge in [0.2, 0.25) is 0 Å². The zero-order chi connectivity index (χ0) is 13.5. The van der Waals surface area contributed by atoms with E-state index < -0.39 is 0 Å². The van der Waals surface area contributed by atoms with Crippen molar-refractivity contribution >= 4 is 0 Å². The highest BCUT2D eigenvalue weighted by atomic mass is 16.5. The maximum absolute atomic E-state index is 5.80. The molecule has 0 unspecified atom stereocenters. The summed E-state index contributed by atoms with van der Waals surface area (Å²) in [6, 6.07) is 6.28. The first kappa shape index (κ1) is 14.4. The third-order valence-electron chi connectivity index (χ3n) is 3.88. The smallest absolute Gasteiger partial charge is 0.124 e. The second-order valence-electron chi connectivity index (χ2n) is 5.31. The van der Waals surface area contributed by atoms with Crippen molar-refractivity contribution in [2.45, 2.75) is 38.8 Å². The Balaban J connectivity index is 1.83. The van der Waals surface area contributed by atoms with Crippen molar-refractivity contribution in [3.63, 3.8) is 0 Å². The van der Waals surface area contributed by atoms with Crippen LogP contribution in [0.15, 0.2) is 18.2 Å². The molecule has 2 rings (SSSR count). The Morgan fingerprint density at radius 1 is 1.32 bits per heavy atom. The SMILES string of the molecule is CNCc1ccc(OC)c(COCCC2CCC2)c1. The molecule has 1 aliphatic carbocycles. The first-order valence-electron chi connectivity index (χ1n) is 7.21. The molecule has 0 saturated heterocycles. The molecule has 106 valence electrons. The van der Waals surface area contributed by atoms with Crippen LogP contribution in [0.1, 0.15) is 36.8 Å². The molecule has 0 atom stereocenters. The highest BCUT2D eigenvalue weighted by molar-refractivity contribution is 5.36. The number of nitrogens with one attached hydrogen (secondary N) is 1. The molecule has 0 aliphatic heterocycles. The molecule has 1 aromatic rings. The Labute approximate surface area is 116 Å². The van der Waals surface area contributed by atoms with E-state index in [2.05, 4.69) is 17.4 Å². The molecule has 0 amide bonds. The Bertz CT molecular complexity index is 388. The standard InChI is InChI=1S/C16H25NO2/c1-17-11-14-6-7-16(18-2)15(10-14)12-19-9-8-13-4-3-5-13/h6-7,10,13,17H,3-5,8-9,11-12H2,1-2H3. The largest absolute Gasteiger partial charge is 0.496 e. The van der Waals surface area contributed by atoms with Crippen LogP contribution in [0, 0.1) is 5.92 Å². The highest BCUT2D eigenvalue weighted by Gasteiger charge is 2.16. The predicted molar refractivity (Wildman–Crippen MR) is 77.4 cm³/mol. The molecule has 19 heavy (non-hydrogen) atoms. The van der Waals surface area contributed by atoms with Crippen molar-refractivity contribution in [1.82, 2.24) is 5.32 Å². The molecule has 1 N–H and O–H groups in total. The van der Waals surface area contributed by atoms with Crippen LogP contribution in [-0.2, 0) is 17.9 Å². The summed E-state index contributed by atoms with van der Waals surface area (Å²) in [6.07, 6.45) is 5.40. The monoisotopic (exact) mass is 263 g/mol. The molecular weight excluding hydrogens is 238 g/mol. The van der Waals surface area contributed by atoms with E-state index in [1.54, 1.807) is 7.11 Å². The summed E-state index contributed by atoms with van der Waals surface area (Å²) in [5.41, 5.74) is 2.41. The highest BCUT2D eigenvalue weighted by Crippen LogP contribution is 2.29. The fraction of sp³-hybridized carbons (Fsp3) is 0.625. The van der Waals surface area contributed by atoms with Gasteiger partial charge in [0.15, 0.2) is 0 Å². The normalized spacial score (nSPS) is 15.3. The van der Waals surface area contributed by atoms with E-state index in [1.165, 1.54) is 31.2 Å². The van der Waals surface area contributed by atoms with Crippen LogP contribution in [0.4, 0.5) is 0 Å². The summed E-state index contributed by atoms with van der Waals surface area (Å²) in [5, 5.41) is 3.16. The molecule has 1 fully saturated rings. The van der Waals surface area contributed by atoms with Crippen LogP contribution >= 0.6 is 0 Å². The number of hydrogen-bond acceptors (Lipinski definition) is 3. The van der Waals surface area contributed by atoms with Gasteiger partial charge in [0.05, 0.1) is 13.7 Å². The van der Waals surface area contributed by atoms with Crippen LogP contribution in [0.3, 0.4) is 0 Å². The van der Waals surface area contributed by atoms with Gasteiger partial charge in [0, 0.05) is 18.7 Å². The molecule has 1 saturated carbocycles. The van der Waals surface area contributed by atoms with E-state index in [9.17, 15) is 0 Å². The van der Waals surface area contributed by atoms with Crippen LogP contribution in [0.5, 0.6) is 5.75 Å². The van der Waals surface area contributed by atoms with Crippen LogP contribution < -0.4 is 10.1 Å². The maximum Gasteiger partial charge on any atom is 0.124 e. The molecule has 3 nitrogen and oxygen atoms in total. The Morgan fingerprint density at radius 3 is 2.79 bits per heavy atom. The summed E-state index contributed by atoms with van der Waals surface area (Å²) in [5.74, 6) is 1.83. The van der Waals surface area contributed by atoms with Crippen molar-refractivity contribution in [3.8, 4) is 5.75 Å². The van der Waals surface area contributed by atoms with Crippen LogP contribution in [-0.4, -0.2) is 20.8 Å². The maximum atomic E-state index is 5.80. The number of hydrogen-bond donors (Lipinski definition) is 1. The van der Waals surface area contributed by atoms with E-state index in [0.717, 1.165) is 30.4 Å². The van der Waals surface area contributed by atoms with Crippen molar-refractivity contribution in [1.29, 1.82) is 0 Å². The van der Waals surface area contributed by atoms with Crippen molar-refractivity contribution in [3.05, 3.63) is 29.3 Å². The van der Waals surface area contributed by atoms with E-state index >= 15 is 0 Å². The summed E-state index contributed by atoms with van der Waals surface area (Å²) in [7, 11) is 3.67. The van der Waals surface area contributed by atoms with Gasteiger partial charge in [-0.2, -0.15) is 0 Å². The second-order valence-corrected chi connectivity index (χ2v) is 5.31. The fourth-order valence-electron chi connectivity index (χ4n) is 2.47. The van der Waals surface area contributed by atoms with Gasteiger partial charge in [-0.05, 0) is 37.1 Å². The van der Waals surface area contributed by atoms with E-state index in [0.29, 0.717) is 6.61 Å². The van der Waals surface area contributed by atoms with Crippen molar-refractivity contribution < 1.29 is 9.47 Å². The molecule has 0 bridgehead atoms. The average Bonchev–Trinajstić information content (AvgIpc) is 2.37.